The highest BCUT2D eigenvalue weighted by molar-refractivity contribution is 5.94. The number of benzene rings is 2. The molecule has 7 nitrogen and oxygen atoms in total. The number of hydrogen-bond acceptors (Lipinski definition) is 5. The van der Waals surface area contributed by atoms with Gasteiger partial charge in [-0.1, -0.05) is 49.7 Å². The van der Waals surface area contributed by atoms with Crippen molar-refractivity contribution in [1.29, 1.82) is 0 Å². The second-order valence-electron chi connectivity index (χ2n) is 9.29. The Hall–Kier alpha value is -3.71. The molecule has 0 spiro atoms. The number of amides is 1. The Kier molecular flexibility index (Phi) is 6.77. The molecule has 1 aliphatic rings. The Balaban J connectivity index is 1.19. The lowest BCUT2D eigenvalue weighted by molar-refractivity contribution is 0.0938. The third-order valence-electron chi connectivity index (χ3n) is 6.71. The lowest BCUT2D eigenvalue weighted by atomic mass is 10.0. The molecule has 0 bridgehead atoms. The number of nitrogens with zero attached hydrogens (tertiary/aromatic N) is 3. The molecule has 0 radical (unpaired) electrons. The van der Waals surface area contributed by atoms with Crippen molar-refractivity contribution in [3.63, 3.8) is 0 Å². The molecule has 2 heterocycles. The summed E-state index contributed by atoms with van der Waals surface area (Å²) in [5.74, 6) is 0.944. The molecular weight excluding hydrogens is 436 g/mol. The van der Waals surface area contributed by atoms with E-state index in [4.69, 9.17) is 5.73 Å². The van der Waals surface area contributed by atoms with Crippen LogP contribution in [0.5, 0.6) is 0 Å². The molecule has 0 saturated heterocycles. The lowest BCUT2D eigenvalue weighted by Crippen LogP contribution is -2.34. The second-order valence-corrected chi connectivity index (χ2v) is 9.29. The Labute approximate surface area is 205 Å². The highest BCUT2D eigenvalue weighted by Gasteiger charge is 2.27. The Morgan fingerprint density at radius 1 is 1.03 bits per heavy atom. The number of carbonyl (C=O) groups excluding carboxylic acids is 1. The first-order valence-corrected chi connectivity index (χ1v) is 12.4. The number of rotatable bonds is 8. The van der Waals surface area contributed by atoms with Crippen LogP contribution in [0, 0.1) is 0 Å². The van der Waals surface area contributed by atoms with Gasteiger partial charge < -0.3 is 16.4 Å². The zero-order valence-electron chi connectivity index (χ0n) is 20.1. The molecular formula is C28H32N6O. The number of carbonyl (C=O) groups is 1. The number of aryl methyl sites for hydroxylation is 1. The SMILES string of the molecule is CCCc1cc(N[C@@H]2CCC(NC(=O)c3ccc(-c4ccc(CN)cc4)cc3)C2)n2nccc2n1. The number of anilines is 1. The normalized spacial score (nSPS) is 17.5. The van der Waals surface area contributed by atoms with Gasteiger partial charge in [-0.25, -0.2) is 4.98 Å². The molecule has 35 heavy (non-hydrogen) atoms. The van der Waals surface area contributed by atoms with Crippen molar-refractivity contribution in [2.45, 2.75) is 57.7 Å². The first kappa shape index (κ1) is 23.1. The Bertz CT molecular complexity index is 1300. The zero-order chi connectivity index (χ0) is 24.2. The average molecular weight is 469 g/mol. The highest BCUT2D eigenvalue weighted by Crippen LogP contribution is 2.25. The topological polar surface area (TPSA) is 97.3 Å². The molecule has 180 valence electrons. The van der Waals surface area contributed by atoms with Gasteiger partial charge in [-0.05, 0) is 54.5 Å². The summed E-state index contributed by atoms with van der Waals surface area (Å²) in [6.45, 7) is 2.69. The minimum atomic E-state index is -0.0238. The maximum Gasteiger partial charge on any atom is 0.251 e. The van der Waals surface area contributed by atoms with Crippen LogP contribution in [-0.2, 0) is 13.0 Å². The molecule has 1 unspecified atom stereocenters. The molecule has 4 N–H and O–H groups in total. The van der Waals surface area contributed by atoms with Crippen LogP contribution in [0.2, 0.25) is 0 Å². The number of hydrogen-bond donors (Lipinski definition) is 3. The number of aromatic nitrogens is 3. The van der Waals surface area contributed by atoms with Gasteiger partial charge in [-0.3, -0.25) is 4.79 Å². The van der Waals surface area contributed by atoms with Crippen LogP contribution in [0.3, 0.4) is 0 Å². The van der Waals surface area contributed by atoms with Gasteiger partial charge in [-0.2, -0.15) is 9.61 Å². The summed E-state index contributed by atoms with van der Waals surface area (Å²) in [4.78, 5) is 17.6. The minimum absolute atomic E-state index is 0.0238. The van der Waals surface area contributed by atoms with Crippen molar-refractivity contribution in [1.82, 2.24) is 19.9 Å². The standard InChI is InChI=1S/C28H32N6O/c1-2-3-23-17-27(34-26(31-23)14-15-30-34)32-24-12-13-25(16-24)33-28(35)22-10-8-21(9-11-22)20-6-4-19(18-29)5-7-20/h4-11,14-15,17,24-25,32H,2-3,12-13,16,18,29H2,1H3,(H,33,35)/t24-,25?/m1/s1. The highest BCUT2D eigenvalue weighted by atomic mass is 16.1. The van der Waals surface area contributed by atoms with Crippen molar-refractivity contribution in [2.24, 2.45) is 5.73 Å². The summed E-state index contributed by atoms with van der Waals surface area (Å²) in [5, 5.41) is 11.3. The Morgan fingerprint density at radius 3 is 2.46 bits per heavy atom. The molecule has 1 aliphatic carbocycles. The summed E-state index contributed by atoms with van der Waals surface area (Å²) in [7, 11) is 0. The first-order chi connectivity index (χ1) is 17.1. The molecule has 1 amide bonds. The van der Waals surface area contributed by atoms with E-state index in [2.05, 4.69) is 45.8 Å². The maximum atomic E-state index is 12.9. The van der Waals surface area contributed by atoms with Gasteiger partial charge in [0, 0.05) is 42.0 Å². The van der Waals surface area contributed by atoms with E-state index in [1.807, 2.05) is 47.0 Å². The van der Waals surface area contributed by atoms with Crippen LogP contribution in [0.25, 0.3) is 16.8 Å². The van der Waals surface area contributed by atoms with E-state index >= 15 is 0 Å². The Morgan fingerprint density at radius 2 is 1.74 bits per heavy atom. The van der Waals surface area contributed by atoms with Gasteiger partial charge in [0.15, 0.2) is 5.65 Å². The van der Waals surface area contributed by atoms with Crippen LogP contribution < -0.4 is 16.4 Å². The predicted octanol–water partition coefficient (Wildman–Crippen LogP) is 4.57. The molecule has 2 aromatic carbocycles. The second kappa shape index (κ2) is 10.3. The van der Waals surface area contributed by atoms with Crippen LogP contribution in [0.1, 0.15) is 54.2 Å². The fourth-order valence-electron chi connectivity index (χ4n) is 4.82. The lowest BCUT2D eigenvalue weighted by Gasteiger charge is -2.17. The fraction of sp³-hybridized carbons (Fsp3) is 0.321. The van der Waals surface area contributed by atoms with Crippen LogP contribution >= 0.6 is 0 Å². The molecule has 1 fully saturated rings. The van der Waals surface area contributed by atoms with E-state index < -0.39 is 0 Å². The van der Waals surface area contributed by atoms with Gasteiger partial charge in [0.2, 0.25) is 0 Å². The molecule has 4 aromatic rings. The van der Waals surface area contributed by atoms with Gasteiger partial charge in [-0.15, -0.1) is 0 Å². The van der Waals surface area contributed by atoms with Crippen molar-refractivity contribution < 1.29 is 4.79 Å². The summed E-state index contributed by atoms with van der Waals surface area (Å²) in [6.07, 6.45) is 6.60. The molecule has 5 rings (SSSR count). The average Bonchev–Trinajstić information content (AvgIpc) is 3.54. The monoisotopic (exact) mass is 468 g/mol. The third-order valence-corrected chi connectivity index (χ3v) is 6.71. The van der Waals surface area contributed by atoms with Crippen LogP contribution in [0.4, 0.5) is 5.82 Å². The van der Waals surface area contributed by atoms with Gasteiger partial charge in [0.05, 0.1) is 6.20 Å². The summed E-state index contributed by atoms with van der Waals surface area (Å²) >= 11 is 0. The van der Waals surface area contributed by atoms with E-state index in [0.717, 1.165) is 66.0 Å². The number of nitrogens with two attached hydrogens (primary N) is 1. The maximum absolute atomic E-state index is 12.9. The fourth-order valence-corrected chi connectivity index (χ4v) is 4.82. The minimum Gasteiger partial charge on any atom is -0.367 e. The quantitative estimate of drug-likeness (QED) is 0.352. The van der Waals surface area contributed by atoms with E-state index in [9.17, 15) is 4.79 Å². The van der Waals surface area contributed by atoms with E-state index in [1.165, 1.54) is 0 Å². The summed E-state index contributed by atoms with van der Waals surface area (Å²) in [6, 6.07) is 20.4. The van der Waals surface area contributed by atoms with E-state index in [1.54, 1.807) is 6.20 Å². The van der Waals surface area contributed by atoms with Gasteiger partial charge in [0.1, 0.15) is 5.82 Å². The third kappa shape index (κ3) is 5.20. The van der Waals surface area contributed by atoms with Crippen molar-refractivity contribution in [3.05, 3.63) is 83.7 Å². The molecule has 1 saturated carbocycles. The predicted molar refractivity (Wildman–Crippen MR) is 139 cm³/mol. The molecule has 0 aliphatic heterocycles. The molecule has 2 atom stereocenters. The van der Waals surface area contributed by atoms with Gasteiger partial charge >= 0.3 is 0 Å². The summed E-state index contributed by atoms with van der Waals surface area (Å²) < 4.78 is 1.86. The number of nitrogens with one attached hydrogen (secondary N) is 2. The smallest absolute Gasteiger partial charge is 0.251 e. The molecule has 7 heteroatoms. The van der Waals surface area contributed by atoms with Crippen LogP contribution in [-0.4, -0.2) is 32.6 Å². The van der Waals surface area contributed by atoms with Crippen LogP contribution in [0.15, 0.2) is 66.9 Å². The van der Waals surface area contributed by atoms with E-state index in [0.29, 0.717) is 12.1 Å². The number of fused-ring (bicyclic) bond motifs is 1. The van der Waals surface area contributed by atoms with Crippen molar-refractivity contribution >= 4 is 17.4 Å². The van der Waals surface area contributed by atoms with Gasteiger partial charge in [0.25, 0.3) is 5.91 Å². The first-order valence-electron chi connectivity index (χ1n) is 12.4. The summed E-state index contributed by atoms with van der Waals surface area (Å²) in [5.41, 5.74) is 11.6. The molecule has 2 aromatic heterocycles. The van der Waals surface area contributed by atoms with E-state index in [-0.39, 0.29) is 18.0 Å². The zero-order valence-corrected chi connectivity index (χ0v) is 20.1. The van der Waals surface area contributed by atoms with Crippen molar-refractivity contribution in [2.75, 3.05) is 5.32 Å². The van der Waals surface area contributed by atoms with Crippen molar-refractivity contribution in [3.8, 4) is 11.1 Å². The largest absolute Gasteiger partial charge is 0.367 e.